The third kappa shape index (κ3) is 0.823. The van der Waals surface area contributed by atoms with E-state index in [2.05, 4.69) is 15.3 Å². The Labute approximate surface area is 73.8 Å². The van der Waals surface area contributed by atoms with Crippen molar-refractivity contribution in [1.82, 2.24) is 19.8 Å². The van der Waals surface area contributed by atoms with Gasteiger partial charge in [0.2, 0.25) is 0 Å². The Kier molecular flexibility index (Phi) is 1.14. The normalized spacial score (nSPS) is 11.1. The van der Waals surface area contributed by atoms with Gasteiger partial charge in [-0.25, -0.2) is 4.52 Å². The molecule has 0 bridgehead atoms. The van der Waals surface area contributed by atoms with Crippen LogP contribution in [0.25, 0.3) is 16.4 Å². The number of rotatable bonds is 0. The number of benzene rings is 1. The highest BCUT2D eigenvalue weighted by atomic mass is 15.3. The van der Waals surface area contributed by atoms with Gasteiger partial charge in [-0.2, -0.15) is 5.10 Å². The number of hydrogen-bond acceptors (Lipinski definition) is 3. The molecule has 0 saturated carbocycles. The van der Waals surface area contributed by atoms with E-state index in [1.165, 1.54) is 6.33 Å². The second-order valence-electron chi connectivity index (χ2n) is 2.83. The largest absolute Gasteiger partial charge is 0.218 e. The molecule has 4 heteroatoms. The Morgan fingerprint density at radius 2 is 2.08 bits per heavy atom. The smallest absolute Gasteiger partial charge is 0.183 e. The lowest BCUT2D eigenvalue weighted by molar-refractivity contribution is 0.837. The first kappa shape index (κ1) is 6.54. The summed E-state index contributed by atoms with van der Waals surface area (Å²) in [5, 5.41) is 14.1. The van der Waals surface area contributed by atoms with Gasteiger partial charge in [0.25, 0.3) is 0 Å². The van der Waals surface area contributed by atoms with Gasteiger partial charge in [-0.05, 0) is 0 Å². The van der Waals surface area contributed by atoms with Crippen molar-refractivity contribution >= 4 is 16.4 Å². The number of hydrogen-bond donors (Lipinski definition) is 0. The summed E-state index contributed by atoms with van der Waals surface area (Å²) in [6.07, 6.45) is 3.38. The maximum atomic E-state index is 4.06. The molecular formula is C9H6N4. The Hall–Kier alpha value is -1.97. The van der Waals surface area contributed by atoms with Crippen LogP contribution in [-0.4, -0.2) is 19.8 Å². The molecule has 0 unspecified atom stereocenters. The standard InChI is InChI=1S/C9H6N4/c1-2-4-8-7(3-1)5-13-9(8)12-10-6-11-13/h1-6H. The molecule has 0 saturated heterocycles. The van der Waals surface area contributed by atoms with Crippen molar-refractivity contribution in [1.29, 1.82) is 0 Å². The van der Waals surface area contributed by atoms with Crippen molar-refractivity contribution in [3.63, 3.8) is 0 Å². The summed E-state index contributed by atoms with van der Waals surface area (Å²) >= 11 is 0. The predicted molar refractivity (Wildman–Crippen MR) is 48.3 cm³/mol. The second kappa shape index (κ2) is 2.26. The average molecular weight is 170 g/mol. The van der Waals surface area contributed by atoms with Gasteiger partial charge in [-0.3, -0.25) is 0 Å². The molecule has 0 spiro atoms. The SMILES string of the molecule is c1ccc2c(c1)cn1ncnnc21. The van der Waals surface area contributed by atoms with Crippen molar-refractivity contribution in [2.75, 3.05) is 0 Å². The zero-order chi connectivity index (χ0) is 8.67. The fourth-order valence-electron chi connectivity index (χ4n) is 1.48. The van der Waals surface area contributed by atoms with E-state index >= 15 is 0 Å². The number of nitrogens with zero attached hydrogens (tertiary/aromatic N) is 4. The molecule has 0 aliphatic heterocycles. The van der Waals surface area contributed by atoms with Crippen molar-refractivity contribution in [2.45, 2.75) is 0 Å². The fraction of sp³-hybridized carbons (Fsp3) is 0. The maximum Gasteiger partial charge on any atom is 0.183 e. The van der Waals surface area contributed by atoms with Crippen LogP contribution in [0.15, 0.2) is 36.8 Å². The molecular weight excluding hydrogens is 164 g/mol. The van der Waals surface area contributed by atoms with Crippen LogP contribution in [0.5, 0.6) is 0 Å². The van der Waals surface area contributed by atoms with E-state index in [9.17, 15) is 0 Å². The molecule has 2 heterocycles. The summed E-state index contributed by atoms with van der Waals surface area (Å²) in [5.74, 6) is 0. The summed E-state index contributed by atoms with van der Waals surface area (Å²) < 4.78 is 1.73. The minimum Gasteiger partial charge on any atom is -0.218 e. The van der Waals surface area contributed by atoms with Crippen LogP contribution in [0, 0.1) is 0 Å². The van der Waals surface area contributed by atoms with Gasteiger partial charge in [0.05, 0.1) is 0 Å². The van der Waals surface area contributed by atoms with Gasteiger partial charge in [0.1, 0.15) is 0 Å². The Morgan fingerprint density at radius 1 is 1.15 bits per heavy atom. The lowest BCUT2D eigenvalue weighted by Gasteiger charge is -1.88. The monoisotopic (exact) mass is 170 g/mol. The van der Waals surface area contributed by atoms with Gasteiger partial charge in [-0.15, -0.1) is 10.2 Å². The molecule has 4 nitrogen and oxygen atoms in total. The Bertz CT molecular complexity index is 519. The van der Waals surface area contributed by atoms with Crippen LogP contribution in [0.1, 0.15) is 0 Å². The Balaban J connectivity index is 2.64. The highest BCUT2D eigenvalue weighted by Crippen LogP contribution is 2.17. The minimum atomic E-state index is 0.804. The molecule has 62 valence electrons. The number of aromatic nitrogens is 4. The summed E-state index contributed by atoms with van der Waals surface area (Å²) in [6, 6.07) is 8.03. The first-order valence-electron chi connectivity index (χ1n) is 3.99. The van der Waals surface area contributed by atoms with Crippen LogP contribution < -0.4 is 0 Å². The van der Waals surface area contributed by atoms with E-state index in [0.29, 0.717) is 0 Å². The van der Waals surface area contributed by atoms with E-state index in [-0.39, 0.29) is 0 Å². The average Bonchev–Trinajstić information content (AvgIpc) is 2.56. The summed E-state index contributed by atoms with van der Waals surface area (Å²) in [5.41, 5.74) is 0.804. The predicted octanol–water partition coefficient (Wildman–Crippen LogP) is 1.28. The van der Waals surface area contributed by atoms with Crippen molar-refractivity contribution in [3.05, 3.63) is 36.8 Å². The quantitative estimate of drug-likeness (QED) is 0.510. The topological polar surface area (TPSA) is 43.1 Å². The molecule has 0 fully saturated rings. The first-order chi connectivity index (χ1) is 6.45. The van der Waals surface area contributed by atoms with Crippen LogP contribution in [0.2, 0.25) is 0 Å². The Morgan fingerprint density at radius 3 is 3.08 bits per heavy atom. The highest BCUT2D eigenvalue weighted by molar-refractivity contribution is 5.94. The summed E-state index contributed by atoms with van der Waals surface area (Å²) in [6.45, 7) is 0. The highest BCUT2D eigenvalue weighted by Gasteiger charge is 2.02. The lowest BCUT2D eigenvalue weighted by Crippen LogP contribution is -1.92. The molecule has 2 aromatic heterocycles. The van der Waals surface area contributed by atoms with Crippen LogP contribution >= 0.6 is 0 Å². The maximum absolute atomic E-state index is 4.06. The third-order valence-corrected chi connectivity index (χ3v) is 2.06. The van der Waals surface area contributed by atoms with E-state index in [0.717, 1.165) is 16.4 Å². The van der Waals surface area contributed by atoms with Gasteiger partial charge >= 0.3 is 0 Å². The van der Waals surface area contributed by atoms with E-state index in [4.69, 9.17) is 0 Å². The fourth-order valence-corrected chi connectivity index (χ4v) is 1.48. The van der Waals surface area contributed by atoms with Gasteiger partial charge in [0.15, 0.2) is 12.0 Å². The molecule has 0 amide bonds. The molecule has 0 N–H and O–H groups in total. The van der Waals surface area contributed by atoms with E-state index in [1.54, 1.807) is 4.52 Å². The van der Waals surface area contributed by atoms with Crippen molar-refractivity contribution < 1.29 is 0 Å². The molecule has 1 aromatic carbocycles. The van der Waals surface area contributed by atoms with E-state index in [1.807, 2.05) is 30.5 Å². The molecule has 0 aliphatic carbocycles. The first-order valence-corrected chi connectivity index (χ1v) is 3.99. The van der Waals surface area contributed by atoms with Crippen LogP contribution in [0.3, 0.4) is 0 Å². The lowest BCUT2D eigenvalue weighted by atomic mass is 10.2. The number of fused-ring (bicyclic) bond motifs is 3. The van der Waals surface area contributed by atoms with Crippen LogP contribution in [-0.2, 0) is 0 Å². The van der Waals surface area contributed by atoms with Gasteiger partial charge in [-0.1, -0.05) is 24.3 Å². The molecule has 3 rings (SSSR count). The molecule has 13 heavy (non-hydrogen) atoms. The molecule has 0 aliphatic rings. The van der Waals surface area contributed by atoms with Crippen molar-refractivity contribution in [2.24, 2.45) is 0 Å². The minimum absolute atomic E-state index is 0.804. The molecule has 3 aromatic rings. The summed E-state index contributed by atoms with van der Waals surface area (Å²) in [7, 11) is 0. The van der Waals surface area contributed by atoms with Gasteiger partial charge < -0.3 is 0 Å². The second-order valence-corrected chi connectivity index (χ2v) is 2.83. The zero-order valence-electron chi connectivity index (χ0n) is 6.75. The van der Waals surface area contributed by atoms with E-state index < -0.39 is 0 Å². The van der Waals surface area contributed by atoms with Gasteiger partial charge in [0, 0.05) is 17.0 Å². The zero-order valence-corrected chi connectivity index (χ0v) is 6.75. The van der Waals surface area contributed by atoms with Crippen LogP contribution in [0.4, 0.5) is 0 Å². The van der Waals surface area contributed by atoms with Crippen molar-refractivity contribution in [3.8, 4) is 0 Å². The molecule has 0 atom stereocenters. The third-order valence-electron chi connectivity index (χ3n) is 2.06. The summed E-state index contributed by atoms with van der Waals surface area (Å²) in [4.78, 5) is 0. The molecule has 0 radical (unpaired) electrons.